The van der Waals surface area contributed by atoms with Crippen molar-refractivity contribution >= 4 is 21.0 Å². The lowest BCUT2D eigenvalue weighted by Gasteiger charge is -1.95. The summed E-state index contributed by atoms with van der Waals surface area (Å²) in [5.74, 6) is 0. The van der Waals surface area contributed by atoms with Gasteiger partial charge in [0.1, 0.15) is 5.52 Å². The number of aryl methyl sites for hydroxylation is 1. The van der Waals surface area contributed by atoms with Crippen molar-refractivity contribution in [3.8, 4) is 0 Å². The fourth-order valence-electron chi connectivity index (χ4n) is 1.68. The Bertz CT molecular complexity index is 450. The normalized spacial score (nSPS) is 12.3. The second-order valence-corrected chi connectivity index (χ2v) is 5.15. The molecule has 15 heavy (non-hydrogen) atoms. The summed E-state index contributed by atoms with van der Waals surface area (Å²) in [5, 5.41) is 0.852. The van der Waals surface area contributed by atoms with Crippen molar-refractivity contribution in [1.29, 1.82) is 0 Å². The molecule has 1 heterocycles. The van der Waals surface area contributed by atoms with Gasteiger partial charge in [0.05, 0.1) is 0 Å². The van der Waals surface area contributed by atoms with Crippen LogP contribution in [0, 0.1) is 0 Å². The molecule has 1 aromatic heterocycles. The van der Waals surface area contributed by atoms with Crippen LogP contribution in [-0.2, 0) is 6.42 Å². The Kier molecular flexibility index (Phi) is 3.34. The molecule has 0 bridgehead atoms. The molecule has 0 aliphatic rings. The minimum absolute atomic E-state index is 0.852. The molecule has 1 unspecified atom stereocenters. The lowest BCUT2D eigenvalue weighted by molar-refractivity contribution is 0.594. The number of fused-ring (bicyclic) bond motifs is 1. The second-order valence-electron chi connectivity index (χ2n) is 3.70. The molecule has 0 radical (unpaired) electrons. The number of benzene rings is 1. The predicted octanol–water partition coefficient (Wildman–Crippen LogP) is 3.70. The van der Waals surface area contributed by atoms with Gasteiger partial charge >= 0.3 is 0 Å². The quantitative estimate of drug-likeness (QED) is 0.583. The van der Waals surface area contributed by atoms with Gasteiger partial charge < -0.3 is 4.55 Å². The number of aromatic nitrogens is 1. The molecule has 0 amide bonds. The van der Waals surface area contributed by atoms with Crippen molar-refractivity contribution in [2.24, 2.45) is 0 Å². The molecule has 0 N–H and O–H groups in total. The monoisotopic (exact) mass is 221 g/mol. The van der Waals surface area contributed by atoms with Crippen LogP contribution in [0.25, 0.3) is 10.2 Å². The van der Waals surface area contributed by atoms with Crippen LogP contribution in [0.5, 0.6) is 0 Å². The first-order valence-corrected chi connectivity index (χ1v) is 6.56. The van der Waals surface area contributed by atoms with E-state index < -0.39 is 10.8 Å². The summed E-state index contributed by atoms with van der Waals surface area (Å²) in [7, 11) is -0.989. The van der Waals surface area contributed by atoms with Gasteiger partial charge in [-0.05, 0) is 23.2 Å². The first-order chi connectivity index (χ1) is 7.33. The molecular weight excluding hydrogens is 206 g/mol. The van der Waals surface area contributed by atoms with Gasteiger partial charge in [-0.3, -0.25) is 0 Å². The summed E-state index contributed by atoms with van der Waals surface area (Å²) >= 11 is 0. The third-order valence-electron chi connectivity index (χ3n) is 2.52. The maximum atomic E-state index is 12.0. The Morgan fingerprint density at radius 2 is 2.07 bits per heavy atom. The third kappa shape index (κ3) is 2.19. The van der Waals surface area contributed by atoms with E-state index in [9.17, 15) is 4.55 Å². The minimum Gasteiger partial charge on any atom is -0.589 e. The summed E-state index contributed by atoms with van der Waals surface area (Å²) in [6.45, 7) is 2.17. The van der Waals surface area contributed by atoms with Gasteiger partial charge in [-0.25, -0.2) is 0 Å². The number of rotatable bonds is 4. The molecule has 3 heteroatoms. The summed E-state index contributed by atoms with van der Waals surface area (Å²) in [5.41, 5.74) is 0.891. The molecular formula is C12H15NOS. The highest BCUT2D eigenvalue weighted by Crippen LogP contribution is 2.31. The Morgan fingerprint density at radius 1 is 1.27 bits per heavy atom. The summed E-state index contributed by atoms with van der Waals surface area (Å²) in [6.07, 6.45) is 4.34. The van der Waals surface area contributed by atoms with Gasteiger partial charge in [-0.15, -0.1) is 0 Å². The zero-order valence-corrected chi connectivity index (χ0v) is 9.72. The molecule has 0 saturated heterocycles. The molecule has 2 aromatic rings. The summed E-state index contributed by atoms with van der Waals surface area (Å²) in [4.78, 5) is 4.42. The van der Waals surface area contributed by atoms with Gasteiger partial charge in [0.15, 0.2) is 4.70 Å². The Balaban J connectivity index is 2.24. The first-order valence-electron chi connectivity index (χ1n) is 5.41. The Morgan fingerprint density at radius 3 is 2.80 bits per heavy atom. The van der Waals surface area contributed by atoms with Crippen LogP contribution in [-0.4, -0.2) is 9.54 Å². The van der Waals surface area contributed by atoms with E-state index in [-0.39, 0.29) is 0 Å². The zero-order chi connectivity index (χ0) is 10.7. The molecule has 0 fully saturated rings. The predicted molar refractivity (Wildman–Crippen MR) is 63.6 cm³/mol. The molecule has 2 nitrogen and oxygen atoms in total. The Labute approximate surface area is 92.8 Å². The van der Waals surface area contributed by atoms with Crippen LogP contribution in [0.15, 0.2) is 24.3 Å². The van der Waals surface area contributed by atoms with Gasteiger partial charge in [-0.2, -0.15) is 4.98 Å². The van der Waals surface area contributed by atoms with Crippen molar-refractivity contribution in [2.75, 3.05) is 0 Å². The van der Waals surface area contributed by atoms with E-state index >= 15 is 0 Å². The number of thiazole rings is 1. The molecule has 0 aliphatic carbocycles. The molecule has 80 valence electrons. The van der Waals surface area contributed by atoms with Crippen LogP contribution in [0.2, 0.25) is 0 Å². The minimum atomic E-state index is -0.989. The van der Waals surface area contributed by atoms with E-state index in [1.54, 1.807) is 0 Å². The molecule has 2 rings (SSSR count). The van der Waals surface area contributed by atoms with E-state index in [1.807, 2.05) is 24.3 Å². The number of unbranched alkanes of at least 4 members (excludes halogenated alkanes) is 2. The van der Waals surface area contributed by atoms with Crippen molar-refractivity contribution in [2.45, 2.75) is 32.6 Å². The van der Waals surface area contributed by atoms with E-state index in [4.69, 9.17) is 0 Å². The molecule has 1 aromatic carbocycles. The molecule has 1 atom stereocenters. The molecule has 0 spiro atoms. The van der Waals surface area contributed by atoms with Gasteiger partial charge in [0, 0.05) is 12.5 Å². The number of hydrogen-bond donors (Lipinski definition) is 0. The van der Waals surface area contributed by atoms with Crippen LogP contribution >= 0.6 is 10.8 Å². The Hall–Kier alpha value is -0.930. The van der Waals surface area contributed by atoms with Crippen molar-refractivity contribution < 1.29 is 4.55 Å². The second kappa shape index (κ2) is 4.73. The van der Waals surface area contributed by atoms with Crippen molar-refractivity contribution in [1.82, 2.24) is 4.98 Å². The van der Waals surface area contributed by atoms with Crippen LogP contribution in [0.4, 0.5) is 0 Å². The van der Waals surface area contributed by atoms with Crippen molar-refractivity contribution in [3.05, 3.63) is 29.3 Å². The largest absolute Gasteiger partial charge is 0.589 e. The first kappa shape index (κ1) is 10.6. The highest BCUT2D eigenvalue weighted by molar-refractivity contribution is 7.31. The van der Waals surface area contributed by atoms with Gasteiger partial charge in [0.25, 0.3) is 0 Å². The fraction of sp³-hybridized carbons (Fsp3) is 0.417. The number of nitrogens with zero attached hydrogens (tertiary/aromatic N) is 1. The average molecular weight is 221 g/mol. The standard InChI is InChI=1S/C12H15NOS/c1-2-3-4-9-12-13-10-7-5-6-8-11(10)15(12)14/h5-8H,2-4,9H2,1H3. The topological polar surface area (TPSA) is 36.0 Å². The van der Waals surface area contributed by atoms with Crippen molar-refractivity contribution in [3.63, 3.8) is 0 Å². The molecule has 0 saturated carbocycles. The van der Waals surface area contributed by atoms with E-state index in [1.165, 1.54) is 12.8 Å². The van der Waals surface area contributed by atoms with Gasteiger partial charge in [-0.1, -0.05) is 31.9 Å². The fourth-order valence-corrected chi connectivity index (χ4v) is 2.95. The maximum absolute atomic E-state index is 12.0. The van der Waals surface area contributed by atoms with E-state index in [0.717, 1.165) is 28.1 Å². The van der Waals surface area contributed by atoms with E-state index in [2.05, 4.69) is 11.9 Å². The number of para-hydroxylation sites is 1. The maximum Gasteiger partial charge on any atom is 0.242 e. The lowest BCUT2D eigenvalue weighted by Crippen LogP contribution is -1.84. The van der Waals surface area contributed by atoms with Gasteiger partial charge in [0.2, 0.25) is 5.01 Å². The van der Waals surface area contributed by atoms with Crippen LogP contribution < -0.4 is 0 Å². The van der Waals surface area contributed by atoms with Crippen LogP contribution in [0.1, 0.15) is 31.2 Å². The highest BCUT2D eigenvalue weighted by atomic mass is 32.2. The average Bonchev–Trinajstić information content (AvgIpc) is 2.57. The SMILES string of the molecule is CCCCCc1nc2ccccc2[s+]1[O-]. The third-order valence-corrected chi connectivity index (χ3v) is 3.99. The zero-order valence-electron chi connectivity index (χ0n) is 8.90. The number of hydrogen-bond acceptors (Lipinski definition) is 2. The smallest absolute Gasteiger partial charge is 0.242 e. The molecule has 0 aliphatic heterocycles. The van der Waals surface area contributed by atoms with E-state index in [0.29, 0.717) is 0 Å². The summed E-state index contributed by atoms with van der Waals surface area (Å²) < 4.78 is 12.8. The highest BCUT2D eigenvalue weighted by Gasteiger charge is 2.14. The van der Waals surface area contributed by atoms with Crippen LogP contribution in [0.3, 0.4) is 0 Å². The summed E-state index contributed by atoms with van der Waals surface area (Å²) in [6, 6.07) is 7.69. The lowest BCUT2D eigenvalue weighted by atomic mass is 10.2.